The van der Waals surface area contributed by atoms with Crippen LogP contribution in [0.2, 0.25) is 0 Å². The van der Waals surface area contributed by atoms with Crippen LogP contribution in [0.3, 0.4) is 0 Å². The normalized spacial score (nSPS) is 14.9. The van der Waals surface area contributed by atoms with Gasteiger partial charge < -0.3 is 13.9 Å². The molecule has 2 unspecified atom stereocenters. The Morgan fingerprint density at radius 3 is 1.36 bits per heavy atom. The van der Waals surface area contributed by atoms with Crippen LogP contribution in [0.4, 0.5) is 0 Å². The number of hydrogen-bond donors (Lipinski definition) is 3. The molecule has 0 rings (SSSR count). The molecule has 0 saturated heterocycles. The maximum absolute atomic E-state index is 9.84. The molecule has 0 spiro atoms. The van der Waals surface area contributed by atoms with Crippen molar-refractivity contribution in [1.29, 1.82) is 0 Å². The Morgan fingerprint density at radius 2 is 0.964 bits per heavy atom. The Morgan fingerprint density at radius 1 is 0.607 bits per heavy atom. The molecule has 1 N–H and O–H groups in total. The third-order valence-corrected chi connectivity index (χ3v) is 6.93. The second-order valence-electron chi connectivity index (χ2n) is 7.90. The van der Waals surface area contributed by atoms with Crippen molar-refractivity contribution in [2.75, 3.05) is 13.2 Å². The Hall–Kier alpha value is 1.01. The fourth-order valence-electron chi connectivity index (χ4n) is 3.18. The molecule has 0 heterocycles. The smallest absolute Gasteiger partial charge is 0.328 e. The van der Waals surface area contributed by atoms with E-state index in [1.54, 1.807) is 0 Å². The lowest BCUT2D eigenvalue weighted by molar-refractivity contribution is 0.195. The minimum Gasteiger partial charge on any atom is -0.328 e. The first-order chi connectivity index (χ1) is 13.6. The largest absolute Gasteiger partial charge is 0.329 e. The van der Waals surface area contributed by atoms with E-state index in [2.05, 4.69) is 39.1 Å². The standard InChI is InChI=1S/C22H47O3PS2/c1-3-5-7-9-11-13-15-21(27)17-19-24-26(23)25-20-18-22(28)16-14-12-10-8-6-4-2/h21-23,27-28H,3-20H2,1-2H3. The van der Waals surface area contributed by atoms with Gasteiger partial charge in [-0.25, -0.2) is 0 Å². The predicted molar refractivity (Wildman–Crippen MR) is 132 cm³/mol. The number of thiol groups is 2. The van der Waals surface area contributed by atoms with Crippen molar-refractivity contribution in [2.24, 2.45) is 0 Å². The topological polar surface area (TPSA) is 38.7 Å². The van der Waals surface area contributed by atoms with Crippen molar-refractivity contribution >= 4 is 33.9 Å². The maximum Gasteiger partial charge on any atom is 0.329 e. The molecule has 0 aromatic rings. The molecule has 0 fully saturated rings. The zero-order chi connectivity index (χ0) is 20.9. The third-order valence-electron chi connectivity index (χ3n) is 5.09. The Kier molecular flexibility index (Phi) is 23.5. The molecule has 0 aromatic heterocycles. The van der Waals surface area contributed by atoms with E-state index in [4.69, 9.17) is 9.05 Å². The lowest BCUT2D eigenvalue weighted by Gasteiger charge is -2.15. The Labute approximate surface area is 187 Å². The summed E-state index contributed by atoms with van der Waals surface area (Å²) in [6.45, 7) is 5.54. The van der Waals surface area contributed by atoms with Gasteiger partial charge in [0, 0.05) is 10.5 Å². The third kappa shape index (κ3) is 21.7. The van der Waals surface area contributed by atoms with Crippen LogP contribution in [-0.2, 0) is 9.05 Å². The van der Waals surface area contributed by atoms with E-state index < -0.39 is 8.60 Å². The summed E-state index contributed by atoms with van der Waals surface area (Å²) in [5.74, 6) is 0. The molecule has 170 valence electrons. The van der Waals surface area contributed by atoms with Crippen molar-refractivity contribution in [3.63, 3.8) is 0 Å². The monoisotopic (exact) mass is 454 g/mol. The van der Waals surface area contributed by atoms with Crippen molar-refractivity contribution in [2.45, 2.75) is 127 Å². The van der Waals surface area contributed by atoms with Crippen molar-refractivity contribution < 1.29 is 13.9 Å². The maximum atomic E-state index is 9.84. The molecule has 3 nitrogen and oxygen atoms in total. The van der Waals surface area contributed by atoms with Gasteiger partial charge in [0.2, 0.25) is 0 Å². The van der Waals surface area contributed by atoms with Gasteiger partial charge in [0.05, 0.1) is 13.2 Å². The summed E-state index contributed by atoms with van der Waals surface area (Å²) in [5, 5.41) is 0.711. The van der Waals surface area contributed by atoms with Gasteiger partial charge in [-0.3, -0.25) is 0 Å². The minimum atomic E-state index is -1.76. The number of hydrogen-bond acceptors (Lipinski definition) is 5. The summed E-state index contributed by atoms with van der Waals surface area (Å²) in [6.07, 6.45) is 19.8. The molecule has 0 aliphatic rings. The molecular weight excluding hydrogens is 407 g/mol. The highest BCUT2D eigenvalue weighted by molar-refractivity contribution is 7.81. The van der Waals surface area contributed by atoms with E-state index in [9.17, 15) is 4.89 Å². The first-order valence-electron chi connectivity index (χ1n) is 11.7. The Bertz CT molecular complexity index is 284. The molecule has 0 saturated carbocycles. The SMILES string of the molecule is CCCCCCCCC(S)CCOP(O)OCCC(S)CCCCCCCC. The summed E-state index contributed by atoms with van der Waals surface area (Å²) >= 11 is 9.25. The van der Waals surface area contributed by atoms with Crippen LogP contribution < -0.4 is 0 Å². The van der Waals surface area contributed by atoms with Gasteiger partial charge in [-0.2, -0.15) is 25.3 Å². The van der Waals surface area contributed by atoms with Crippen LogP contribution in [0.1, 0.15) is 117 Å². The average molecular weight is 455 g/mol. The van der Waals surface area contributed by atoms with E-state index in [1.807, 2.05) is 0 Å². The van der Waals surface area contributed by atoms with Gasteiger partial charge in [-0.1, -0.05) is 90.9 Å². The van der Waals surface area contributed by atoms with Gasteiger partial charge in [0.1, 0.15) is 0 Å². The van der Waals surface area contributed by atoms with Crippen LogP contribution >= 0.6 is 33.9 Å². The molecule has 0 bridgehead atoms. The van der Waals surface area contributed by atoms with Gasteiger partial charge in [0.25, 0.3) is 0 Å². The van der Waals surface area contributed by atoms with Gasteiger partial charge in [-0.15, -0.1) is 0 Å². The average Bonchev–Trinajstić information content (AvgIpc) is 2.67. The molecule has 28 heavy (non-hydrogen) atoms. The van der Waals surface area contributed by atoms with Gasteiger partial charge >= 0.3 is 8.60 Å². The first kappa shape index (κ1) is 29.0. The van der Waals surface area contributed by atoms with Crippen molar-refractivity contribution in [3.8, 4) is 0 Å². The molecule has 0 amide bonds. The van der Waals surface area contributed by atoms with E-state index in [1.165, 1.54) is 77.0 Å². The van der Waals surface area contributed by atoms with E-state index in [0.717, 1.165) is 25.7 Å². The summed E-state index contributed by atoms with van der Waals surface area (Å²) < 4.78 is 10.8. The molecule has 0 aliphatic carbocycles. The summed E-state index contributed by atoms with van der Waals surface area (Å²) in [5.41, 5.74) is 0. The summed E-state index contributed by atoms with van der Waals surface area (Å²) in [7, 11) is -1.76. The second kappa shape index (κ2) is 22.7. The second-order valence-corrected chi connectivity index (χ2v) is 10.4. The molecular formula is C22H47O3PS2. The molecule has 2 atom stereocenters. The van der Waals surface area contributed by atoms with Crippen LogP contribution in [-0.4, -0.2) is 28.6 Å². The van der Waals surface area contributed by atoms with E-state index >= 15 is 0 Å². The lowest BCUT2D eigenvalue weighted by Crippen LogP contribution is -2.06. The van der Waals surface area contributed by atoms with Crippen LogP contribution in [0.5, 0.6) is 0 Å². The molecule has 0 aromatic carbocycles. The highest BCUT2D eigenvalue weighted by atomic mass is 32.1. The van der Waals surface area contributed by atoms with Gasteiger partial charge in [0.15, 0.2) is 0 Å². The number of rotatable bonds is 22. The van der Waals surface area contributed by atoms with Crippen LogP contribution in [0.15, 0.2) is 0 Å². The van der Waals surface area contributed by atoms with E-state index in [-0.39, 0.29) is 0 Å². The van der Waals surface area contributed by atoms with Gasteiger partial charge in [-0.05, 0) is 25.7 Å². The van der Waals surface area contributed by atoms with Crippen molar-refractivity contribution in [1.82, 2.24) is 0 Å². The summed E-state index contributed by atoms with van der Waals surface area (Å²) in [6, 6.07) is 0. The molecule has 0 radical (unpaired) electrons. The predicted octanol–water partition coefficient (Wildman–Crippen LogP) is 8.12. The quantitative estimate of drug-likeness (QED) is 0.0878. The zero-order valence-electron chi connectivity index (χ0n) is 18.5. The summed E-state index contributed by atoms with van der Waals surface area (Å²) in [4.78, 5) is 9.84. The highest BCUT2D eigenvalue weighted by Crippen LogP contribution is 2.33. The highest BCUT2D eigenvalue weighted by Gasteiger charge is 2.11. The van der Waals surface area contributed by atoms with E-state index in [0.29, 0.717) is 23.7 Å². The fraction of sp³-hybridized carbons (Fsp3) is 1.00. The first-order valence-corrected chi connectivity index (χ1v) is 13.9. The Balaban J connectivity index is 3.42. The molecule has 0 aliphatic heterocycles. The number of unbranched alkanes of at least 4 members (excludes halogenated alkanes) is 10. The lowest BCUT2D eigenvalue weighted by atomic mass is 10.1. The molecule has 6 heteroatoms. The van der Waals surface area contributed by atoms with Crippen molar-refractivity contribution in [3.05, 3.63) is 0 Å². The minimum absolute atomic E-state index is 0.355. The van der Waals surface area contributed by atoms with Crippen LogP contribution in [0.25, 0.3) is 0 Å². The zero-order valence-corrected chi connectivity index (χ0v) is 21.2. The van der Waals surface area contributed by atoms with Crippen LogP contribution in [0, 0.1) is 0 Å². The fourth-order valence-corrected chi connectivity index (χ4v) is 4.35.